The Labute approximate surface area is 160 Å². The molecule has 0 bridgehead atoms. The summed E-state index contributed by atoms with van der Waals surface area (Å²) in [5, 5.41) is 4.13. The van der Waals surface area contributed by atoms with Gasteiger partial charge in [-0.25, -0.2) is 23.7 Å². The molecule has 0 radical (unpaired) electrons. The number of nitrogens with zero attached hydrogens (tertiary/aromatic N) is 5. The van der Waals surface area contributed by atoms with Crippen LogP contribution in [0.5, 0.6) is 6.01 Å². The van der Waals surface area contributed by atoms with E-state index in [4.69, 9.17) is 9.26 Å². The molecule has 0 atom stereocenters. The summed E-state index contributed by atoms with van der Waals surface area (Å²) in [4.78, 5) is 15.0. The molecule has 0 amide bonds. The van der Waals surface area contributed by atoms with E-state index in [1.165, 1.54) is 13.2 Å². The molecule has 1 aliphatic rings. The van der Waals surface area contributed by atoms with E-state index in [2.05, 4.69) is 25.0 Å². The van der Waals surface area contributed by atoms with Crippen molar-refractivity contribution in [3.8, 4) is 6.01 Å². The molecule has 9 heteroatoms. The van der Waals surface area contributed by atoms with Crippen molar-refractivity contribution in [2.24, 2.45) is 0 Å². The Morgan fingerprint density at radius 3 is 2.61 bits per heavy atom. The van der Waals surface area contributed by atoms with Crippen LogP contribution in [0, 0.1) is 6.92 Å². The lowest BCUT2D eigenvalue weighted by Gasteiger charge is -2.31. The first-order valence-corrected chi connectivity index (χ1v) is 9.17. The van der Waals surface area contributed by atoms with Crippen LogP contribution in [-0.2, 0) is 6.54 Å². The number of halogens is 2. The first-order valence-electron chi connectivity index (χ1n) is 9.17. The smallest absolute Gasteiger partial charge is 0.316 e. The Morgan fingerprint density at radius 2 is 1.96 bits per heavy atom. The minimum absolute atomic E-state index is 0.0449. The summed E-state index contributed by atoms with van der Waals surface area (Å²) in [7, 11) is 1.53. The number of aromatic nitrogens is 4. The second-order valence-electron chi connectivity index (χ2n) is 7.01. The maximum Gasteiger partial charge on any atom is 0.316 e. The molecule has 0 aliphatic carbocycles. The number of methoxy groups -OCH3 is 1. The molecule has 7 nitrogen and oxygen atoms in total. The van der Waals surface area contributed by atoms with Crippen molar-refractivity contribution >= 4 is 11.1 Å². The monoisotopic (exact) mass is 389 g/mol. The fourth-order valence-electron chi connectivity index (χ4n) is 3.70. The van der Waals surface area contributed by atoms with Crippen LogP contribution in [-0.4, -0.2) is 45.2 Å². The molecular weight excluding hydrogens is 368 g/mol. The molecular formula is C19H21F2N5O2. The Kier molecular flexibility index (Phi) is 5.17. The summed E-state index contributed by atoms with van der Waals surface area (Å²) >= 11 is 0. The van der Waals surface area contributed by atoms with Gasteiger partial charge in [-0.15, -0.1) is 0 Å². The van der Waals surface area contributed by atoms with E-state index in [0.717, 1.165) is 38.0 Å². The van der Waals surface area contributed by atoms with Gasteiger partial charge in [-0.05, 0) is 38.9 Å². The predicted octanol–water partition coefficient (Wildman–Crippen LogP) is 3.65. The summed E-state index contributed by atoms with van der Waals surface area (Å²) in [6, 6.07) is 1.87. The summed E-state index contributed by atoms with van der Waals surface area (Å²) in [6.45, 7) is 4.08. The Bertz CT molecular complexity index is 953. The molecule has 28 heavy (non-hydrogen) atoms. The molecule has 148 valence electrons. The molecule has 1 saturated heterocycles. The highest BCUT2D eigenvalue weighted by Crippen LogP contribution is 2.34. The van der Waals surface area contributed by atoms with Crippen molar-refractivity contribution in [2.75, 3.05) is 20.2 Å². The van der Waals surface area contributed by atoms with Crippen LogP contribution in [0.2, 0.25) is 0 Å². The maximum absolute atomic E-state index is 13.5. The fourth-order valence-corrected chi connectivity index (χ4v) is 3.70. The number of aryl methyl sites for hydroxylation is 1. The first kappa shape index (κ1) is 18.7. The van der Waals surface area contributed by atoms with E-state index in [-0.39, 0.29) is 17.2 Å². The largest absolute Gasteiger partial charge is 0.467 e. The fraction of sp³-hybridized carbons (Fsp3) is 0.474. The number of fused-ring (bicyclic) bond motifs is 1. The molecule has 1 aliphatic heterocycles. The van der Waals surface area contributed by atoms with Gasteiger partial charge in [-0.3, -0.25) is 4.90 Å². The molecule has 1 fully saturated rings. The number of likely N-dealkylation sites (tertiary alicyclic amines) is 1. The highest BCUT2D eigenvalue weighted by Gasteiger charge is 2.26. The van der Waals surface area contributed by atoms with Gasteiger partial charge in [-0.1, -0.05) is 5.16 Å². The normalized spacial score (nSPS) is 16.2. The van der Waals surface area contributed by atoms with Crippen molar-refractivity contribution in [3.05, 3.63) is 41.0 Å². The number of pyridine rings is 1. The van der Waals surface area contributed by atoms with E-state index in [1.807, 2.05) is 0 Å². The number of alkyl halides is 2. The van der Waals surface area contributed by atoms with E-state index in [0.29, 0.717) is 22.8 Å². The lowest BCUT2D eigenvalue weighted by atomic mass is 9.91. The van der Waals surface area contributed by atoms with Crippen LogP contribution >= 0.6 is 0 Å². The van der Waals surface area contributed by atoms with E-state index >= 15 is 0 Å². The summed E-state index contributed by atoms with van der Waals surface area (Å²) in [5.41, 5.74) is 2.27. The third-order valence-corrected chi connectivity index (χ3v) is 5.18. The number of hydrogen-bond acceptors (Lipinski definition) is 7. The van der Waals surface area contributed by atoms with E-state index < -0.39 is 6.43 Å². The second kappa shape index (κ2) is 7.75. The predicted molar refractivity (Wildman–Crippen MR) is 97.3 cm³/mol. The van der Waals surface area contributed by atoms with Gasteiger partial charge >= 0.3 is 6.01 Å². The van der Waals surface area contributed by atoms with Crippen LogP contribution in [0.15, 0.2) is 23.0 Å². The zero-order valence-corrected chi connectivity index (χ0v) is 15.7. The molecule has 4 rings (SSSR count). The lowest BCUT2D eigenvalue weighted by molar-refractivity contribution is 0.152. The Balaban J connectivity index is 1.46. The van der Waals surface area contributed by atoms with Crippen LogP contribution in [0.25, 0.3) is 11.1 Å². The minimum Gasteiger partial charge on any atom is -0.467 e. The van der Waals surface area contributed by atoms with Gasteiger partial charge in [0.15, 0.2) is 0 Å². The topological polar surface area (TPSA) is 77.2 Å². The second-order valence-corrected chi connectivity index (χ2v) is 7.01. The molecule has 3 aromatic heterocycles. The highest BCUT2D eigenvalue weighted by molar-refractivity contribution is 5.80. The number of hydrogen-bond donors (Lipinski definition) is 0. The molecule has 4 heterocycles. The minimum atomic E-state index is -2.59. The summed E-state index contributed by atoms with van der Waals surface area (Å²) < 4.78 is 37.2. The third kappa shape index (κ3) is 3.66. The van der Waals surface area contributed by atoms with E-state index in [1.54, 1.807) is 19.3 Å². The number of piperidine rings is 1. The third-order valence-electron chi connectivity index (χ3n) is 5.18. The number of ether oxygens (including phenoxy) is 1. The van der Waals surface area contributed by atoms with Gasteiger partial charge in [0.05, 0.1) is 18.2 Å². The maximum atomic E-state index is 13.5. The van der Waals surface area contributed by atoms with Crippen molar-refractivity contribution in [3.63, 3.8) is 0 Å². The molecule has 3 aromatic rings. The van der Waals surface area contributed by atoms with Gasteiger partial charge < -0.3 is 9.26 Å². The zero-order valence-electron chi connectivity index (χ0n) is 15.7. The molecule has 0 spiro atoms. The zero-order chi connectivity index (χ0) is 19.7. The average Bonchev–Trinajstić information content (AvgIpc) is 3.09. The quantitative estimate of drug-likeness (QED) is 0.659. The Morgan fingerprint density at radius 1 is 1.25 bits per heavy atom. The van der Waals surface area contributed by atoms with E-state index in [9.17, 15) is 8.78 Å². The summed E-state index contributed by atoms with van der Waals surface area (Å²) in [6.07, 6.45) is 2.61. The van der Waals surface area contributed by atoms with Crippen molar-refractivity contribution < 1.29 is 18.0 Å². The van der Waals surface area contributed by atoms with Gasteiger partial charge in [0, 0.05) is 41.7 Å². The summed E-state index contributed by atoms with van der Waals surface area (Å²) in [5.74, 6) is 0.121. The molecule has 0 aromatic carbocycles. The highest BCUT2D eigenvalue weighted by atomic mass is 19.3. The SMILES string of the molecule is COc1ncc(CN2CCC(c3cc(C(F)F)c4c(C)noc4n3)CC2)cn1. The Hall–Kier alpha value is -2.68. The van der Waals surface area contributed by atoms with Crippen molar-refractivity contribution in [2.45, 2.75) is 38.7 Å². The average molecular weight is 389 g/mol. The first-order chi connectivity index (χ1) is 13.5. The van der Waals surface area contributed by atoms with Crippen LogP contribution in [0.3, 0.4) is 0 Å². The molecule has 0 saturated carbocycles. The van der Waals surface area contributed by atoms with Gasteiger partial charge in [-0.2, -0.15) is 0 Å². The van der Waals surface area contributed by atoms with Crippen molar-refractivity contribution in [1.82, 2.24) is 25.0 Å². The van der Waals surface area contributed by atoms with Gasteiger partial charge in [0.2, 0.25) is 0 Å². The molecule has 0 N–H and O–H groups in total. The van der Waals surface area contributed by atoms with Crippen LogP contribution in [0.1, 0.15) is 47.7 Å². The van der Waals surface area contributed by atoms with Gasteiger partial charge in [0.25, 0.3) is 12.1 Å². The van der Waals surface area contributed by atoms with Crippen LogP contribution < -0.4 is 4.74 Å². The van der Waals surface area contributed by atoms with Crippen molar-refractivity contribution in [1.29, 1.82) is 0 Å². The van der Waals surface area contributed by atoms with Gasteiger partial charge in [0.1, 0.15) is 0 Å². The molecule has 0 unspecified atom stereocenters. The standard InChI is InChI=1S/C19H21F2N5O2/c1-11-16-14(17(20)21)7-15(24-18(16)28-25-11)13-3-5-26(6-4-13)10-12-8-22-19(27-2)23-9-12/h7-9,13,17H,3-6,10H2,1-2H3. The number of rotatable bonds is 5. The lowest BCUT2D eigenvalue weighted by Crippen LogP contribution is -2.32. The van der Waals surface area contributed by atoms with Crippen LogP contribution in [0.4, 0.5) is 8.78 Å².